The lowest BCUT2D eigenvalue weighted by atomic mass is 10.1. The molecule has 0 spiro atoms. The van der Waals surface area contributed by atoms with E-state index >= 15 is 0 Å². The monoisotopic (exact) mass is 313 g/mol. The van der Waals surface area contributed by atoms with Crippen molar-refractivity contribution in [3.8, 4) is 0 Å². The van der Waals surface area contributed by atoms with Crippen LogP contribution in [0, 0.1) is 0 Å². The van der Waals surface area contributed by atoms with Crippen LogP contribution in [0.15, 0.2) is 51.3 Å². The van der Waals surface area contributed by atoms with E-state index in [9.17, 15) is 4.21 Å². The molecule has 1 aromatic heterocycles. The van der Waals surface area contributed by atoms with Crippen molar-refractivity contribution >= 4 is 38.6 Å². The maximum Gasteiger partial charge on any atom is 0.145 e. The highest BCUT2D eigenvalue weighted by molar-refractivity contribution is 7.85. The van der Waals surface area contributed by atoms with E-state index < -0.39 is 11.0 Å². The van der Waals surface area contributed by atoms with Gasteiger partial charge in [0, 0.05) is 16.3 Å². The predicted molar refractivity (Wildman–Crippen MR) is 93.8 cm³/mol. The fraction of sp³-hybridized carbons (Fsp3) is 0.278. The Morgan fingerprint density at radius 1 is 1.05 bits per heavy atom. The van der Waals surface area contributed by atoms with Crippen LogP contribution in [0.5, 0.6) is 0 Å². The third-order valence-corrected chi connectivity index (χ3v) is 5.03. The van der Waals surface area contributed by atoms with Crippen LogP contribution in [0.2, 0.25) is 0 Å². The fourth-order valence-electron chi connectivity index (χ4n) is 2.26. The van der Waals surface area contributed by atoms with Gasteiger partial charge in [-0.05, 0) is 45.9 Å². The molecule has 1 heterocycles. The third kappa shape index (κ3) is 2.71. The molecule has 3 nitrogen and oxygen atoms in total. The van der Waals surface area contributed by atoms with Gasteiger partial charge in [-0.2, -0.15) is 4.40 Å². The summed E-state index contributed by atoms with van der Waals surface area (Å²) in [7, 11) is -1.26. The van der Waals surface area contributed by atoms with Gasteiger partial charge in [0.2, 0.25) is 0 Å². The lowest BCUT2D eigenvalue weighted by Crippen LogP contribution is -2.20. The van der Waals surface area contributed by atoms with Crippen LogP contribution in [-0.4, -0.2) is 14.7 Å². The summed E-state index contributed by atoms with van der Waals surface area (Å²) in [5, 5.41) is 2.20. The van der Waals surface area contributed by atoms with E-state index in [1.165, 1.54) is 0 Å². The topological polar surface area (TPSA) is 42.6 Å². The smallest absolute Gasteiger partial charge is 0.145 e. The third-order valence-electron chi connectivity index (χ3n) is 3.54. The van der Waals surface area contributed by atoms with Gasteiger partial charge in [0.05, 0.1) is 10.5 Å². The first-order valence-corrected chi connectivity index (χ1v) is 8.36. The second kappa shape index (κ2) is 5.36. The normalized spacial score (nSPS) is 14.6. The molecule has 114 valence electrons. The molecule has 0 N–H and O–H groups in total. The lowest BCUT2D eigenvalue weighted by molar-refractivity contribution is 0.650. The van der Waals surface area contributed by atoms with E-state index in [2.05, 4.69) is 10.5 Å². The second-order valence-corrected chi connectivity index (χ2v) is 8.25. The summed E-state index contributed by atoms with van der Waals surface area (Å²) in [5.74, 6) is 0. The van der Waals surface area contributed by atoms with Crippen LogP contribution in [0.25, 0.3) is 21.9 Å². The van der Waals surface area contributed by atoms with Crippen LogP contribution in [0.4, 0.5) is 0 Å². The zero-order chi connectivity index (χ0) is 15.9. The molecular formula is C18H19NO2S. The summed E-state index contributed by atoms with van der Waals surface area (Å²) >= 11 is 0. The minimum Gasteiger partial charge on any atom is -0.456 e. The van der Waals surface area contributed by atoms with E-state index in [1.807, 2.05) is 64.1 Å². The first-order chi connectivity index (χ1) is 10.4. The Kier molecular flexibility index (Phi) is 3.65. The second-order valence-electron chi connectivity index (χ2n) is 6.35. The van der Waals surface area contributed by atoms with Crippen molar-refractivity contribution < 1.29 is 8.63 Å². The molecule has 0 bridgehead atoms. The first kappa shape index (κ1) is 15.0. The number of benzene rings is 2. The van der Waals surface area contributed by atoms with Crippen molar-refractivity contribution in [1.29, 1.82) is 0 Å². The van der Waals surface area contributed by atoms with Gasteiger partial charge in [-0.25, -0.2) is 4.21 Å². The molecule has 4 heteroatoms. The molecular weight excluding hydrogens is 294 g/mol. The van der Waals surface area contributed by atoms with Gasteiger partial charge in [-0.1, -0.05) is 24.3 Å². The molecule has 0 saturated carbocycles. The molecule has 0 aliphatic rings. The molecule has 0 aliphatic carbocycles. The molecule has 0 aliphatic heterocycles. The molecule has 0 radical (unpaired) electrons. The number of para-hydroxylation sites is 1. The van der Waals surface area contributed by atoms with Gasteiger partial charge < -0.3 is 4.42 Å². The lowest BCUT2D eigenvalue weighted by Gasteiger charge is -2.14. The van der Waals surface area contributed by atoms with Crippen molar-refractivity contribution in [2.45, 2.75) is 32.4 Å². The van der Waals surface area contributed by atoms with Crippen LogP contribution < -0.4 is 0 Å². The zero-order valence-electron chi connectivity index (χ0n) is 13.2. The molecule has 2 aromatic carbocycles. The summed E-state index contributed by atoms with van der Waals surface area (Å²) < 4.78 is 22.0. The van der Waals surface area contributed by atoms with Crippen LogP contribution in [0.3, 0.4) is 0 Å². The van der Waals surface area contributed by atoms with Gasteiger partial charge in [0.25, 0.3) is 0 Å². The maximum absolute atomic E-state index is 12.2. The minimum atomic E-state index is -1.26. The summed E-state index contributed by atoms with van der Waals surface area (Å²) in [6.45, 7) is 7.64. The maximum atomic E-state index is 12.2. The Balaban J connectivity index is 2.07. The van der Waals surface area contributed by atoms with Crippen molar-refractivity contribution in [3.63, 3.8) is 0 Å². The van der Waals surface area contributed by atoms with E-state index in [4.69, 9.17) is 4.42 Å². The molecule has 0 unspecified atom stereocenters. The van der Waals surface area contributed by atoms with Crippen molar-refractivity contribution in [2.75, 3.05) is 0 Å². The first-order valence-electron chi connectivity index (χ1n) is 7.25. The van der Waals surface area contributed by atoms with Gasteiger partial charge in [-0.15, -0.1) is 0 Å². The predicted octanol–water partition coefficient (Wildman–Crippen LogP) is 4.86. The van der Waals surface area contributed by atoms with Crippen LogP contribution in [0.1, 0.15) is 33.3 Å². The van der Waals surface area contributed by atoms with E-state index in [0.717, 1.165) is 33.2 Å². The van der Waals surface area contributed by atoms with Gasteiger partial charge in [-0.3, -0.25) is 0 Å². The minimum absolute atomic E-state index is 0.356. The Labute approximate surface area is 132 Å². The van der Waals surface area contributed by atoms with Gasteiger partial charge >= 0.3 is 0 Å². The molecule has 3 aromatic rings. The zero-order valence-corrected chi connectivity index (χ0v) is 14.0. The Bertz CT molecular complexity index is 900. The number of rotatable bonds is 2. The highest BCUT2D eigenvalue weighted by atomic mass is 32.2. The van der Waals surface area contributed by atoms with Crippen LogP contribution in [-0.2, 0) is 11.0 Å². The van der Waals surface area contributed by atoms with Crippen molar-refractivity contribution in [2.24, 2.45) is 4.40 Å². The summed E-state index contributed by atoms with van der Waals surface area (Å²) in [4.78, 5) is 0. The number of hydrogen-bond donors (Lipinski definition) is 0. The highest BCUT2D eigenvalue weighted by Crippen LogP contribution is 2.29. The summed E-state index contributed by atoms with van der Waals surface area (Å²) in [6.07, 6.45) is 0. The molecule has 0 saturated heterocycles. The number of hydrogen-bond acceptors (Lipinski definition) is 2. The Morgan fingerprint density at radius 2 is 1.73 bits per heavy atom. The number of fused-ring (bicyclic) bond motifs is 3. The summed E-state index contributed by atoms with van der Waals surface area (Å²) in [5.41, 5.74) is 3.40. The average Bonchev–Trinajstić information content (AvgIpc) is 2.83. The summed E-state index contributed by atoms with van der Waals surface area (Å²) in [6, 6.07) is 14.0. The van der Waals surface area contributed by atoms with E-state index in [0.29, 0.717) is 0 Å². The van der Waals surface area contributed by atoms with E-state index in [1.54, 1.807) is 0 Å². The van der Waals surface area contributed by atoms with E-state index in [-0.39, 0.29) is 4.75 Å². The molecule has 22 heavy (non-hydrogen) atoms. The molecule has 0 amide bonds. The van der Waals surface area contributed by atoms with Gasteiger partial charge in [0.15, 0.2) is 0 Å². The molecule has 3 rings (SSSR count). The molecule has 1 atom stereocenters. The van der Waals surface area contributed by atoms with Crippen LogP contribution >= 0.6 is 0 Å². The van der Waals surface area contributed by atoms with Crippen molar-refractivity contribution in [3.05, 3.63) is 48.0 Å². The largest absolute Gasteiger partial charge is 0.456 e. The van der Waals surface area contributed by atoms with Gasteiger partial charge in [0.1, 0.15) is 22.2 Å². The number of nitrogens with zero attached hydrogens (tertiary/aromatic N) is 1. The highest BCUT2D eigenvalue weighted by Gasteiger charge is 2.19. The average molecular weight is 313 g/mol. The Morgan fingerprint density at radius 3 is 2.45 bits per heavy atom. The Hall–Kier alpha value is -1.94. The quantitative estimate of drug-likeness (QED) is 0.634. The SMILES string of the molecule is C/C(=N\[S@](=O)C(C)(C)C)c1ccc2c(c1)oc1ccccc12. The fourth-order valence-corrected chi connectivity index (χ4v) is 2.89. The standard InChI is InChI=1S/C18H19NO2S/c1-12(19-22(20)18(2,3)4)13-9-10-15-14-7-5-6-8-16(14)21-17(15)11-13/h5-11H,1-4H3/b19-12+/t22-/m1/s1. The molecule has 0 fully saturated rings. The number of furan rings is 1. The van der Waals surface area contributed by atoms with Crippen molar-refractivity contribution in [1.82, 2.24) is 0 Å².